The number of Topliss-reactive ketones (excluding diaryl/α,β-unsaturated/α-hetero) is 1. The van der Waals surface area contributed by atoms with E-state index >= 15 is 0 Å². The minimum Gasteiger partial charge on any atom is -0.319 e. The highest BCUT2D eigenvalue weighted by molar-refractivity contribution is 7.92. The van der Waals surface area contributed by atoms with Crippen molar-refractivity contribution in [1.29, 1.82) is 0 Å². The highest BCUT2D eigenvalue weighted by Crippen LogP contribution is 2.26. The van der Waals surface area contributed by atoms with Gasteiger partial charge in [-0.25, -0.2) is 8.42 Å². The van der Waals surface area contributed by atoms with Gasteiger partial charge in [-0.05, 0) is 25.5 Å². The molecule has 5 nitrogen and oxygen atoms in total. The predicted molar refractivity (Wildman–Crippen MR) is 93.9 cm³/mol. The summed E-state index contributed by atoms with van der Waals surface area (Å²) in [6.07, 6.45) is 0.822. The van der Waals surface area contributed by atoms with Crippen LogP contribution in [0.25, 0.3) is 0 Å². The van der Waals surface area contributed by atoms with Crippen LogP contribution in [-0.4, -0.2) is 36.9 Å². The van der Waals surface area contributed by atoms with E-state index in [-0.39, 0.29) is 29.3 Å². The first-order chi connectivity index (χ1) is 11.9. The number of ketones is 1. The number of amides is 1. The van der Waals surface area contributed by atoms with Crippen molar-refractivity contribution in [3.63, 3.8) is 0 Å². The number of aryl methyl sites for hydroxylation is 1. The smallest absolute Gasteiger partial charge is 0.224 e. The number of nitrogens with zero attached hydrogens (tertiary/aromatic N) is 1. The summed E-state index contributed by atoms with van der Waals surface area (Å²) in [6, 6.07) is 14.6. The fourth-order valence-electron chi connectivity index (χ4n) is 2.97. The zero-order chi connectivity index (χ0) is 18.0. The molecule has 1 saturated heterocycles. The van der Waals surface area contributed by atoms with Crippen LogP contribution in [0.4, 0.5) is 0 Å². The molecule has 6 heteroatoms. The minimum absolute atomic E-state index is 0.0482. The van der Waals surface area contributed by atoms with Gasteiger partial charge in [0.2, 0.25) is 26.9 Å². The summed E-state index contributed by atoms with van der Waals surface area (Å²) >= 11 is 0. The van der Waals surface area contributed by atoms with Crippen LogP contribution in [0, 0.1) is 6.92 Å². The van der Waals surface area contributed by atoms with Gasteiger partial charge in [-0.1, -0.05) is 48.0 Å². The SMILES string of the molecule is Cc1ccc(S(=O)(=O)C(C(=O)c2ccccc2)N2CCCC2=O)cc1. The molecule has 2 aromatic carbocycles. The monoisotopic (exact) mass is 357 g/mol. The van der Waals surface area contributed by atoms with Crippen LogP contribution >= 0.6 is 0 Å². The molecule has 0 aromatic heterocycles. The quantitative estimate of drug-likeness (QED) is 0.771. The van der Waals surface area contributed by atoms with Crippen LogP contribution in [0.2, 0.25) is 0 Å². The van der Waals surface area contributed by atoms with E-state index in [0.717, 1.165) is 5.56 Å². The summed E-state index contributed by atoms with van der Waals surface area (Å²) in [5.41, 5.74) is 1.20. The third-order valence-electron chi connectivity index (χ3n) is 4.32. The number of benzene rings is 2. The van der Waals surface area contributed by atoms with Crippen molar-refractivity contribution in [2.75, 3.05) is 6.54 Å². The van der Waals surface area contributed by atoms with Gasteiger partial charge in [0.05, 0.1) is 4.90 Å². The molecular formula is C19H19NO4S. The number of likely N-dealkylation sites (tertiary alicyclic amines) is 1. The average molecular weight is 357 g/mol. The molecule has 1 aliphatic heterocycles. The normalized spacial score (nSPS) is 16.0. The third kappa shape index (κ3) is 3.35. The van der Waals surface area contributed by atoms with Crippen LogP contribution in [0.1, 0.15) is 28.8 Å². The predicted octanol–water partition coefficient (Wildman–Crippen LogP) is 2.60. The molecule has 0 saturated carbocycles. The van der Waals surface area contributed by atoms with Crippen molar-refractivity contribution in [1.82, 2.24) is 4.90 Å². The number of rotatable bonds is 5. The molecule has 1 unspecified atom stereocenters. The van der Waals surface area contributed by atoms with E-state index in [1.165, 1.54) is 17.0 Å². The van der Waals surface area contributed by atoms with E-state index in [9.17, 15) is 18.0 Å². The molecule has 1 atom stereocenters. The lowest BCUT2D eigenvalue weighted by Gasteiger charge is -2.26. The molecule has 1 fully saturated rings. The third-order valence-corrected chi connectivity index (χ3v) is 6.30. The van der Waals surface area contributed by atoms with Crippen molar-refractivity contribution in [2.45, 2.75) is 30.0 Å². The highest BCUT2D eigenvalue weighted by atomic mass is 32.2. The topological polar surface area (TPSA) is 71.5 Å². The van der Waals surface area contributed by atoms with Gasteiger partial charge in [0.1, 0.15) is 0 Å². The van der Waals surface area contributed by atoms with Crippen LogP contribution in [0.15, 0.2) is 59.5 Å². The molecule has 0 N–H and O–H groups in total. The second kappa shape index (κ2) is 6.80. The Bertz CT molecular complexity index is 889. The number of sulfone groups is 1. The summed E-state index contributed by atoms with van der Waals surface area (Å²) in [4.78, 5) is 26.4. The van der Waals surface area contributed by atoms with E-state index < -0.39 is 21.0 Å². The first-order valence-electron chi connectivity index (χ1n) is 8.10. The molecule has 3 rings (SSSR count). The molecule has 2 aromatic rings. The van der Waals surface area contributed by atoms with Gasteiger partial charge < -0.3 is 4.90 Å². The van der Waals surface area contributed by atoms with E-state index in [4.69, 9.17) is 0 Å². The Kier molecular flexibility index (Phi) is 4.72. The summed E-state index contributed by atoms with van der Waals surface area (Å²) in [7, 11) is -4.03. The Morgan fingerprint density at radius 1 is 1.04 bits per heavy atom. The van der Waals surface area contributed by atoms with Crippen LogP contribution < -0.4 is 0 Å². The number of hydrogen-bond donors (Lipinski definition) is 0. The number of carbonyl (C=O) groups excluding carboxylic acids is 2. The lowest BCUT2D eigenvalue weighted by molar-refractivity contribution is -0.127. The fourth-order valence-corrected chi connectivity index (χ4v) is 4.72. The molecule has 0 bridgehead atoms. The lowest BCUT2D eigenvalue weighted by Crippen LogP contribution is -2.47. The molecule has 0 spiro atoms. The van der Waals surface area contributed by atoms with Gasteiger partial charge in [0.25, 0.3) is 0 Å². The molecular weight excluding hydrogens is 338 g/mol. The summed E-state index contributed by atoms with van der Waals surface area (Å²) in [5.74, 6) is -0.874. The van der Waals surface area contributed by atoms with Crippen molar-refractivity contribution in [3.8, 4) is 0 Å². The molecule has 25 heavy (non-hydrogen) atoms. The fraction of sp³-hybridized carbons (Fsp3) is 0.263. The van der Waals surface area contributed by atoms with E-state index in [1.807, 2.05) is 6.92 Å². The van der Waals surface area contributed by atoms with E-state index in [2.05, 4.69) is 0 Å². The van der Waals surface area contributed by atoms with Crippen LogP contribution in [0.5, 0.6) is 0 Å². The summed E-state index contributed by atoms with van der Waals surface area (Å²) in [6.45, 7) is 2.13. The van der Waals surface area contributed by atoms with E-state index in [0.29, 0.717) is 6.42 Å². The van der Waals surface area contributed by atoms with Gasteiger partial charge in [-0.3, -0.25) is 9.59 Å². The van der Waals surface area contributed by atoms with Crippen molar-refractivity contribution < 1.29 is 18.0 Å². The second-order valence-electron chi connectivity index (χ2n) is 6.13. The Hall–Kier alpha value is -2.47. The zero-order valence-electron chi connectivity index (χ0n) is 13.9. The zero-order valence-corrected chi connectivity index (χ0v) is 14.7. The van der Waals surface area contributed by atoms with Crippen molar-refractivity contribution >= 4 is 21.5 Å². The van der Waals surface area contributed by atoms with Crippen LogP contribution in [-0.2, 0) is 14.6 Å². The molecule has 1 aliphatic rings. The van der Waals surface area contributed by atoms with Crippen molar-refractivity contribution in [3.05, 3.63) is 65.7 Å². The van der Waals surface area contributed by atoms with Gasteiger partial charge in [0.15, 0.2) is 0 Å². The van der Waals surface area contributed by atoms with Gasteiger partial charge in [-0.15, -0.1) is 0 Å². The van der Waals surface area contributed by atoms with Gasteiger partial charge in [0, 0.05) is 18.5 Å². The number of carbonyl (C=O) groups is 2. The Morgan fingerprint density at radius 3 is 2.24 bits per heavy atom. The van der Waals surface area contributed by atoms with Crippen molar-refractivity contribution in [2.24, 2.45) is 0 Å². The van der Waals surface area contributed by atoms with E-state index in [1.54, 1.807) is 42.5 Å². The second-order valence-corrected chi connectivity index (χ2v) is 8.14. The first-order valence-corrected chi connectivity index (χ1v) is 9.65. The Balaban J connectivity index is 2.09. The molecule has 0 aliphatic carbocycles. The number of hydrogen-bond acceptors (Lipinski definition) is 4. The molecule has 0 radical (unpaired) electrons. The molecule has 1 heterocycles. The van der Waals surface area contributed by atoms with Gasteiger partial charge >= 0.3 is 0 Å². The Morgan fingerprint density at radius 2 is 1.68 bits per heavy atom. The summed E-state index contributed by atoms with van der Waals surface area (Å²) in [5, 5.41) is -1.52. The van der Waals surface area contributed by atoms with Crippen LogP contribution in [0.3, 0.4) is 0 Å². The Labute approximate surface area is 147 Å². The first kappa shape index (κ1) is 17.4. The maximum Gasteiger partial charge on any atom is 0.224 e. The largest absolute Gasteiger partial charge is 0.319 e. The molecule has 130 valence electrons. The lowest BCUT2D eigenvalue weighted by atomic mass is 10.1. The molecule has 1 amide bonds. The maximum atomic E-state index is 13.2. The highest BCUT2D eigenvalue weighted by Gasteiger charge is 2.43. The standard InChI is InChI=1S/C19H19NO4S/c1-14-9-11-16(12-10-14)25(23,24)19(20-13-5-8-17(20)21)18(22)15-6-3-2-4-7-15/h2-4,6-7,9-12,19H,5,8,13H2,1H3. The minimum atomic E-state index is -4.03. The maximum absolute atomic E-state index is 13.2. The van der Waals surface area contributed by atoms with Gasteiger partial charge in [-0.2, -0.15) is 0 Å². The average Bonchev–Trinajstić information content (AvgIpc) is 3.01. The summed E-state index contributed by atoms with van der Waals surface area (Å²) < 4.78 is 26.4.